The number of pyridine rings is 1. The van der Waals surface area contributed by atoms with Gasteiger partial charge in [-0.25, -0.2) is 0 Å². The highest BCUT2D eigenvalue weighted by Crippen LogP contribution is 2.58. The van der Waals surface area contributed by atoms with Gasteiger partial charge in [-0.15, -0.1) is 0 Å². The molecular formula is C44H28N2. The minimum atomic E-state index is -0.604. The number of fused-ring (bicyclic) bond motifs is 10. The van der Waals surface area contributed by atoms with Gasteiger partial charge in [0.1, 0.15) is 0 Å². The second-order valence-corrected chi connectivity index (χ2v) is 12.3. The van der Waals surface area contributed by atoms with E-state index in [4.69, 9.17) is 4.98 Å². The van der Waals surface area contributed by atoms with E-state index in [1.54, 1.807) is 0 Å². The number of aromatic nitrogens is 2. The van der Waals surface area contributed by atoms with Crippen molar-refractivity contribution in [1.82, 2.24) is 9.55 Å². The topological polar surface area (TPSA) is 17.8 Å². The van der Waals surface area contributed by atoms with Crippen LogP contribution in [-0.4, -0.2) is 9.55 Å². The molecule has 46 heavy (non-hydrogen) atoms. The Balaban J connectivity index is 1.40. The van der Waals surface area contributed by atoms with E-state index in [0.29, 0.717) is 0 Å². The Morgan fingerprint density at radius 3 is 2.09 bits per heavy atom. The van der Waals surface area contributed by atoms with Gasteiger partial charge in [-0.3, -0.25) is 4.98 Å². The van der Waals surface area contributed by atoms with E-state index in [1.807, 2.05) is 12.3 Å². The average molecular weight is 585 g/mol. The van der Waals surface area contributed by atoms with Crippen molar-refractivity contribution in [2.45, 2.75) is 5.41 Å². The van der Waals surface area contributed by atoms with Crippen LogP contribution in [0.1, 0.15) is 22.4 Å². The fraction of sp³-hybridized carbons (Fsp3) is 0.0227. The fourth-order valence-electron chi connectivity index (χ4n) is 8.24. The highest BCUT2D eigenvalue weighted by Gasteiger charge is 2.49. The highest BCUT2D eigenvalue weighted by atomic mass is 15.0. The molecular weight excluding hydrogens is 556 g/mol. The largest absolute Gasteiger partial charge is 0.309 e. The first-order valence-corrected chi connectivity index (χ1v) is 15.9. The van der Waals surface area contributed by atoms with Crippen molar-refractivity contribution >= 4 is 43.4 Å². The molecule has 7 aromatic carbocycles. The van der Waals surface area contributed by atoms with Crippen LogP contribution in [0, 0.1) is 0 Å². The maximum absolute atomic E-state index is 5.13. The summed E-state index contributed by atoms with van der Waals surface area (Å²) in [7, 11) is 0. The van der Waals surface area contributed by atoms with Gasteiger partial charge in [0.15, 0.2) is 0 Å². The van der Waals surface area contributed by atoms with Crippen molar-refractivity contribution in [3.8, 4) is 16.8 Å². The zero-order valence-electron chi connectivity index (χ0n) is 25.1. The third-order valence-electron chi connectivity index (χ3n) is 10.1. The van der Waals surface area contributed by atoms with Crippen LogP contribution in [0.15, 0.2) is 170 Å². The van der Waals surface area contributed by atoms with E-state index in [2.05, 4.69) is 162 Å². The molecule has 0 saturated carbocycles. The third-order valence-corrected chi connectivity index (χ3v) is 10.1. The van der Waals surface area contributed by atoms with Crippen molar-refractivity contribution in [2.24, 2.45) is 0 Å². The molecule has 0 aliphatic heterocycles. The van der Waals surface area contributed by atoms with E-state index in [0.717, 1.165) is 11.4 Å². The molecule has 1 unspecified atom stereocenters. The molecule has 214 valence electrons. The van der Waals surface area contributed by atoms with Crippen LogP contribution in [0.25, 0.3) is 60.2 Å². The van der Waals surface area contributed by atoms with Crippen LogP contribution >= 0.6 is 0 Å². The molecule has 0 N–H and O–H groups in total. The van der Waals surface area contributed by atoms with Crippen molar-refractivity contribution < 1.29 is 0 Å². The van der Waals surface area contributed by atoms with Crippen LogP contribution in [0.3, 0.4) is 0 Å². The Labute approximate surface area is 266 Å². The molecule has 1 aliphatic rings. The van der Waals surface area contributed by atoms with Crippen LogP contribution in [0.4, 0.5) is 0 Å². The smallest absolute Gasteiger partial charge is 0.0906 e. The van der Waals surface area contributed by atoms with Gasteiger partial charge in [0.2, 0.25) is 0 Å². The van der Waals surface area contributed by atoms with E-state index >= 15 is 0 Å². The first-order chi connectivity index (χ1) is 22.8. The third kappa shape index (κ3) is 3.28. The second-order valence-electron chi connectivity index (χ2n) is 12.3. The minimum Gasteiger partial charge on any atom is -0.309 e. The molecule has 9 aromatic rings. The van der Waals surface area contributed by atoms with E-state index in [-0.39, 0.29) is 0 Å². The summed E-state index contributed by atoms with van der Waals surface area (Å²) in [5, 5.41) is 7.54. The van der Waals surface area contributed by atoms with Gasteiger partial charge in [-0.2, -0.15) is 0 Å². The predicted octanol–water partition coefficient (Wildman–Crippen LogP) is 10.8. The quantitative estimate of drug-likeness (QED) is 0.189. The zero-order chi connectivity index (χ0) is 30.2. The van der Waals surface area contributed by atoms with E-state index in [9.17, 15) is 0 Å². The number of benzene rings is 7. The van der Waals surface area contributed by atoms with Crippen LogP contribution in [0.2, 0.25) is 0 Å². The number of rotatable bonds is 3. The molecule has 2 heterocycles. The highest BCUT2D eigenvalue weighted by molar-refractivity contribution is 6.14. The maximum Gasteiger partial charge on any atom is 0.0906 e. The Hall–Kier alpha value is -5.99. The molecule has 2 nitrogen and oxygen atoms in total. The van der Waals surface area contributed by atoms with Crippen molar-refractivity contribution in [2.75, 3.05) is 0 Å². The lowest BCUT2D eigenvalue weighted by Gasteiger charge is -2.33. The van der Waals surface area contributed by atoms with Gasteiger partial charge in [-0.1, -0.05) is 133 Å². The van der Waals surface area contributed by atoms with Crippen LogP contribution in [0.5, 0.6) is 0 Å². The lowest BCUT2D eigenvalue weighted by Crippen LogP contribution is -2.30. The molecule has 0 saturated heterocycles. The fourth-order valence-corrected chi connectivity index (χ4v) is 8.24. The van der Waals surface area contributed by atoms with Gasteiger partial charge < -0.3 is 4.57 Å². The van der Waals surface area contributed by atoms with Crippen LogP contribution in [-0.2, 0) is 5.41 Å². The number of nitrogens with zero attached hydrogens (tertiary/aromatic N) is 2. The lowest BCUT2D eigenvalue weighted by molar-refractivity contribution is 0.738. The summed E-state index contributed by atoms with van der Waals surface area (Å²) >= 11 is 0. The van der Waals surface area contributed by atoms with Gasteiger partial charge in [-0.05, 0) is 74.1 Å². The van der Waals surface area contributed by atoms with Gasteiger partial charge in [0.25, 0.3) is 0 Å². The molecule has 0 spiro atoms. The molecule has 0 fully saturated rings. The Kier molecular flexibility index (Phi) is 5.24. The molecule has 0 bridgehead atoms. The van der Waals surface area contributed by atoms with Gasteiger partial charge >= 0.3 is 0 Å². The standard InChI is InChI=1S/C44H28N2/c1-2-13-31(14-3-1)44(41-20-10-11-27-45-41)39-18-8-6-16-35(39)37-25-26-38-36-17-7-9-19-40(36)46(43(38)42(37)44)32-23-24-34-30(28-32)22-21-29-12-4-5-15-33(29)34/h1-28H. The number of hydrogen-bond acceptors (Lipinski definition) is 1. The summed E-state index contributed by atoms with van der Waals surface area (Å²) in [6.45, 7) is 0. The average Bonchev–Trinajstić information content (AvgIpc) is 3.63. The first kappa shape index (κ1) is 25.3. The zero-order valence-corrected chi connectivity index (χ0v) is 25.1. The van der Waals surface area contributed by atoms with E-state index in [1.165, 1.54) is 71.2 Å². The maximum atomic E-state index is 5.13. The van der Waals surface area contributed by atoms with Crippen LogP contribution < -0.4 is 0 Å². The molecule has 10 rings (SSSR count). The SMILES string of the molecule is c1ccc(C2(c3ccccn3)c3ccccc3-c3ccc4c5ccccc5n(-c5ccc6c(ccc7ccccc76)c5)c4c32)cc1. The Morgan fingerprint density at radius 1 is 0.478 bits per heavy atom. The molecule has 0 radical (unpaired) electrons. The summed E-state index contributed by atoms with van der Waals surface area (Å²) in [5.74, 6) is 0. The summed E-state index contributed by atoms with van der Waals surface area (Å²) in [5.41, 5.74) is 10.3. The minimum absolute atomic E-state index is 0.604. The second kappa shape index (κ2) is 9.50. The van der Waals surface area contributed by atoms with Crippen molar-refractivity contribution in [1.29, 1.82) is 0 Å². The summed E-state index contributed by atoms with van der Waals surface area (Å²) in [6, 6.07) is 59.8. The molecule has 1 atom stereocenters. The number of hydrogen-bond donors (Lipinski definition) is 0. The normalized spacial score (nSPS) is 15.5. The van der Waals surface area contributed by atoms with E-state index < -0.39 is 5.41 Å². The van der Waals surface area contributed by atoms with Crippen molar-refractivity contribution in [3.63, 3.8) is 0 Å². The molecule has 1 aliphatic carbocycles. The molecule has 2 aromatic heterocycles. The van der Waals surface area contributed by atoms with Gasteiger partial charge in [0, 0.05) is 28.2 Å². The Bertz CT molecular complexity index is 2590. The first-order valence-electron chi connectivity index (χ1n) is 15.9. The van der Waals surface area contributed by atoms with Crippen molar-refractivity contribution in [3.05, 3.63) is 192 Å². The summed E-state index contributed by atoms with van der Waals surface area (Å²) < 4.78 is 2.50. The molecule has 0 amide bonds. The summed E-state index contributed by atoms with van der Waals surface area (Å²) in [4.78, 5) is 5.13. The number of para-hydroxylation sites is 1. The predicted molar refractivity (Wildman–Crippen MR) is 191 cm³/mol. The lowest BCUT2D eigenvalue weighted by atomic mass is 9.69. The monoisotopic (exact) mass is 584 g/mol. The van der Waals surface area contributed by atoms with Gasteiger partial charge in [0.05, 0.1) is 22.1 Å². The summed E-state index contributed by atoms with van der Waals surface area (Å²) in [6.07, 6.45) is 1.93. The Morgan fingerprint density at radius 2 is 1.20 bits per heavy atom. The molecule has 2 heteroatoms.